The molecular weight excluding hydrogens is 290 g/mol. The molecule has 0 aromatic carbocycles. The fourth-order valence-electron chi connectivity index (χ4n) is 2.77. The first-order valence-electron chi connectivity index (χ1n) is 7.50. The molecule has 1 fully saturated rings. The molecule has 7 heteroatoms. The number of furan rings is 1. The minimum Gasteiger partial charge on any atom is -0.464 e. The summed E-state index contributed by atoms with van der Waals surface area (Å²) in [6.07, 6.45) is 2.83. The Morgan fingerprint density at radius 1 is 1.43 bits per heavy atom. The van der Waals surface area contributed by atoms with Gasteiger partial charge in [-0.3, -0.25) is 0 Å². The summed E-state index contributed by atoms with van der Waals surface area (Å²) in [6.45, 7) is 6.98. The molecule has 120 valence electrons. The maximum Gasteiger partial charge on any atom is 0.244 e. The number of nitrogens with two attached hydrogens (primary N) is 1. The number of sulfonamides is 1. The van der Waals surface area contributed by atoms with Crippen LogP contribution in [0.25, 0.3) is 0 Å². The first-order valence-corrected chi connectivity index (χ1v) is 8.98. The predicted molar refractivity (Wildman–Crippen MR) is 81.4 cm³/mol. The van der Waals surface area contributed by atoms with E-state index in [1.54, 1.807) is 6.92 Å². The first-order chi connectivity index (χ1) is 9.96. The topological polar surface area (TPSA) is 88.6 Å². The van der Waals surface area contributed by atoms with Gasteiger partial charge in [0, 0.05) is 12.1 Å². The number of hydrogen-bond acceptors (Lipinski definition) is 5. The van der Waals surface area contributed by atoms with E-state index in [9.17, 15) is 8.42 Å². The zero-order chi connectivity index (χ0) is 15.5. The lowest BCUT2D eigenvalue weighted by Crippen LogP contribution is -2.44. The zero-order valence-corrected chi connectivity index (χ0v) is 13.6. The standard InChI is InChI=1S/C14H25N3O3S/c1-3-6-17-7-4-12(5-8-17)16-21(18,19)14-9-13(10-15)20-11(14)2/h9,12,16H,3-8,10,15H2,1-2H3. The highest BCUT2D eigenvalue weighted by atomic mass is 32.2. The summed E-state index contributed by atoms with van der Waals surface area (Å²) in [5.74, 6) is 0.886. The summed E-state index contributed by atoms with van der Waals surface area (Å²) in [7, 11) is -3.53. The molecule has 0 aliphatic carbocycles. The molecule has 0 spiro atoms. The van der Waals surface area contributed by atoms with Gasteiger partial charge < -0.3 is 15.1 Å². The van der Waals surface area contributed by atoms with Crippen LogP contribution in [-0.2, 0) is 16.6 Å². The Kier molecular flexibility index (Phi) is 5.43. The molecule has 0 saturated carbocycles. The minimum absolute atomic E-state index is 0.00117. The summed E-state index contributed by atoms with van der Waals surface area (Å²) in [4.78, 5) is 2.58. The molecular formula is C14H25N3O3S. The van der Waals surface area contributed by atoms with Crippen molar-refractivity contribution in [2.45, 2.75) is 50.6 Å². The summed E-state index contributed by atoms with van der Waals surface area (Å²) >= 11 is 0. The van der Waals surface area contributed by atoms with E-state index in [2.05, 4.69) is 16.5 Å². The van der Waals surface area contributed by atoms with Gasteiger partial charge in [0.25, 0.3) is 0 Å². The molecule has 1 aliphatic rings. The highest BCUT2D eigenvalue weighted by Gasteiger charge is 2.27. The number of hydrogen-bond donors (Lipinski definition) is 2. The molecule has 2 heterocycles. The highest BCUT2D eigenvalue weighted by Crippen LogP contribution is 2.21. The normalized spacial score (nSPS) is 18.2. The van der Waals surface area contributed by atoms with E-state index in [0.717, 1.165) is 38.9 Å². The van der Waals surface area contributed by atoms with Crippen LogP contribution in [0.15, 0.2) is 15.4 Å². The van der Waals surface area contributed by atoms with E-state index < -0.39 is 10.0 Å². The van der Waals surface area contributed by atoms with Crippen molar-refractivity contribution in [3.05, 3.63) is 17.6 Å². The number of piperidine rings is 1. The van der Waals surface area contributed by atoms with Crippen LogP contribution in [0.3, 0.4) is 0 Å². The van der Waals surface area contributed by atoms with Crippen LogP contribution < -0.4 is 10.5 Å². The number of aryl methyl sites for hydroxylation is 1. The molecule has 2 rings (SSSR count). The van der Waals surface area contributed by atoms with Crippen LogP contribution in [0.2, 0.25) is 0 Å². The van der Waals surface area contributed by atoms with E-state index >= 15 is 0 Å². The molecule has 6 nitrogen and oxygen atoms in total. The van der Waals surface area contributed by atoms with Crippen molar-refractivity contribution in [2.75, 3.05) is 19.6 Å². The second-order valence-corrected chi connectivity index (χ2v) is 7.26. The first kappa shape index (κ1) is 16.5. The molecule has 0 amide bonds. The van der Waals surface area contributed by atoms with Crippen molar-refractivity contribution in [3.63, 3.8) is 0 Å². The van der Waals surface area contributed by atoms with Gasteiger partial charge in [0.05, 0.1) is 6.54 Å². The molecule has 1 aromatic heterocycles. The van der Waals surface area contributed by atoms with Gasteiger partial charge in [0.15, 0.2) is 0 Å². The Hall–Kier alpha value is -0.890. The maximum absolute atomic E-state index is 12.4. The second kappa shape index (κ2) is 6.91. The third-order valence-electron chi connectivity index (χ3n) is 3.86. The molecule has 1 aromatic rings. The Morgan fingerprint density at radius 2 is 2.10 bits per heavy atom. The van der Waals surface area contributed by atoms with Gasteiger partial charge in [0.1, 0.15) is 16.4 Å². The maximum atomic E-state index is 12.4. The zero-order valence-electron chi connectivity index (χ0n) is 12.8. The van der Waals surface area contributed by atoms with Crippen molar-refractivity contribution in [1.82, 2.24) is 9.62 Å². The Bertz CT molecular complexity index is 560. The van der Waals surface area contributed by atoms with Crippen molar-refractivity contribution < 1.29 is 12.8 Å². The Morgan fingerprint density at radius 3 is 2.62 bits per heavy atom. The van der Waals surface area contributed by atoms with E-state index in [4.69, 9.17) is 10.2 Å². The molecule has 0 radical (unpaired) electrons. The van der Waals surface area contributed by atoms with Crippen LogP contribution in [0.5, 0.6) is 0 Å². The van der Waals surface area contributed by atoms with E-state index in [0.29, 0.717) is 11.5 Å². The van der Waals surface area contributed by atoms with Crippen LogP contribution >= 0.6 is 0 Å². The number of nitrogens with one attached hydrogen (secondary N) is 1. The van der Waals surface area contributed by atoms with E-state index in [1.807, 2.05) is 0 Å². The van der Waals surface area contributed by atoms with Crippen LogP contribution in [0.4, 0.5) is 0 Å². The summed E-state index contributed by atoms with van der Waals surface area (Å²) in [5, 5.41) is 0. The van der Waals surface area contributed by atoms with Gasteiger partial charge in [-0.05, 0) is 45.8 Å². The van der Waals surface area contributed by atoms with Crippen LogP contribution in [0, 0.1) is 6.92 Å². The summed E-state index contributed by atoms with van der Waals surface area (Å²) in [6, 6.07) is 1.52. The Balaban J connectivity index is 2.00. The average Bonchev–Trinajstić information content (AvgIpc) is 2.83. The van der Waals surface area contributed by atoms with Crippen LogP contribution in [0.1, 0.15) is 37.7 Å². The highest BCUT2D eigenvalue weighted by molar-refractivity contribution is 7.89. The third kappa shape index (κ3) is 4.06. The van der Waals surface area contributed by atoms with E-state index in [1.165, 1.54) is 6.07 Å². The van der Waals surface area contributed by atoms with Gasteiger partial charge in [0.2, 0.25) is 10.0 Å². The molecule has 1 saturated heterocycles. The fourth-order valence-corrected chi connectivity index (χ4v) is 4.27. The number of likely N-dealkylation sites (tertiary alicyclic amines) is 1. The van der Waals surface area contributed by atoms with Gasteiger partial charge in [-0.25, -0.2) is 13.1 Å². The molecule has 0 atom stereocenters. The van der Waals surface area contributed by atoms with Crippen molar-refractivity contribution >= 4 is 10.0 Å². The minimum atomic E-state index is -3.53. The summed E-state index contributed by atoms with van der Waals surface area (Å²) < 4.78 is 33.0. The third-order valence-corrected chi connectivity index (χ3v) is 5.49. The van der Waals surface area contributed by atoms with E-state index in [-0.39, 0.29) is 17.5 Å². The quantitative estimate of drug-likeness (QED) is 0.823. The molecule has 0 unspecified atom stereocenters. The lowest BCUT2D eigenvalue weighted by atomic mass is 10.1. The molecule has 0 bridgehead atoms. The largest absolute Gasteiger partial charge is 0.464 e. The van der Waals surface area contributed by atoms with Crippen molar-refractivity contribution in [2.24, 2.45) is 5.73 Å². The second-order valence-electron chi connectivity index (χ2n) is 5.57. The predicted octanol–water partition coefficient (Wildman–Crippen LogP) is 1.20. The van der Waals surface area contributed by atoms with Gasteiger partial charge >= 0.3 is 0 Å². The monoisotopic (exact) mass is 315 g/mol. The van der Waals surface area contributed by atoms with Crippen molar-refractivity contribution in [1.29, 1.82) is 0 Å². The smallest absolute Gasteiger partial charge is 0.244 e. The molecule has 21 heavy (non-hydrogen) atoms. The molecule has 1 aliphatic heterocycles. The van der Waals surface area contributed by atoms with Gasteiger partial charge in [-0.15, -0.1) is 0 Å². The lowest BCUT2D eigenvalue weighted by Gasteiger charge is -2.31. The SMILES string of the molecule is CCCN1CCC(NS(=O)(=O)c2cc(CN)oc2C)CC1. The van der Waals surface area contributed by atoms with Gasteiger partial charge in [-0.1, -0.05) is 6.92 Å². The van der Waals surface area contributed by atoms with Crippen molar-refractivity contribution in [3.8, 4) is 0 Å². The van der Waals surface area contributed by atoms with Crippen LogP contribution in [-0.4, -0.2) is 39.0 Å². The van der Waals surface area contributed by atoms with Gasteiger partial charge in [-0.2, -0.15) is 0 Å². The average molecular weight is 315 g/mol. The summed E-state index contributed by atoms with van der Waals surface area (Å²) in [5.41, 5.74) is 5.49. The Labute approximate surface area is 126 Å². The lowest BCUT2D eigenvalue weighted by molar-refractivity contribution is 0.208. The molecule has 3 N–H and O–H groups in total. The number of nitrogens with zero attached hydrogens (tertiary/aromatic N) is 1. The number of rotatable bonds is 6. The fraction of sp³-hybridized carbons (Fsp3) is 0.714.